The Balaban J connectivity index is 1.97. The lowest BCUT2D eigenvalue weighted by Crippen LogP contribution is -2.36. The number of sulfonamides is 1. The van der Waals surface area contributed by atoms with Crippen LogP contribution >= 0.6 is 0 Å². The molecule has 7 heteroatoms. The third kappa shape index (κ3) is 4.03. The van der Waals surface area contributed by atoms with E-state index in [4.69, 9.17) is 0 Å². The Kier molecular flexibility index (Phi) is 5.06. The molecule has 1 N–H and O–H groups in total. The molecule has 1 aliphatic heterocycles. The van der Waals surface area contributed by atoms with Crippen LogP contribution in [0.5, 0.6) is 0 Å². The SMILES string of the molecule is CC1=NS(=O)(=O)c2cc(C(=O)Nc3cccc(C)c3)ccc2N1CC(C)C. The topological polar surface area (TPSA) is 78.8 Å². The van der Waals surface area contributed by atoms with Crippen molar-refractivity contribution in [2.24, 2.45) is 10.3 Å². The first-order chi connectivity index (χ1) is 12.7. The first-order valence-electron chi connectivity index (χ1n) is 8.78. The second-order valence-electron chi connectivity index (χ2n) is 7.12. The van der Waals surface area contributed by atoms with Crippen LogP contribution in [0, 0.1) is 12.8 Å². The van der Waals surface area contributed by atoms with Gasteiger partial charge < -0.3 is 10.2 Å². The van der Waals surface area contributed by atoms with Crippen LogP contribution in [-0.4, -0.2) is 26.7 Å². The number of carbonyl (C=O) groups is 1. The van der Waals surface area contributed by atoms with Gasteiger partial charge in [0.05, 0.1) is 5.69 Å². The van der Waals surface area contributed by atoms with Crippen LogP contribution in [0.2, 0.25) is 0 Å². The maximum Gasteiger partial charge on any atom is 0.286 e. The van der Waals surface area contributed by atoms with Gasteiger partial charge in [0, 0.05) is 17.8 Å². The van der Waals surface area contributed by atoms with Gasteiger partial charge in [-0.15, -0.1) is 4.40 Å². The molecular formula is C20H23N3O3S. The van der Waals surface area contributed by atoms with Crippen molar-refractivity contribution in [2.45, 2.75) is 32.6 Å². The molecule has 0 unspecified atom stereocenters. The zero-order valence-electron chi connectivity index (χ0n) is 15.9. The highest BCUT2D eigenvalue weighted by Crippen LogP contribution is 2.33. The summed E-state index contributed by atoms with van der Waals surface area (Å²) < 4.78 is 29.0. The fourth-order valence-electron chi connectivity index (χ4n) is 3.05. The molecule has 27 heavy (non-hydrogen) atoms. The van der Waals surface area contributed by atoms with E-state index in [1.807, 2.05) is 30.0 Å². The number of nitrogens with zero attached hydrogens (tertiary/aromatic N) is 2. The van der Waals surface area contributed by atoms with Gasteiger partial charge in [0.25, 0.3) is 15.9 Å². The van der Waals surface area contributed by atoms with Crippen molar-refractivity contribution in [3.63, 3.8) is 0 Å². The fourth-order valence-corrected chi connectivity index (χ4v) is 4.32. The van der Waals surface area contributed by atoms with Crippen LogP contribution in [0.4, 0.5) is 11.4 Å². The molecule has 6 nitrogen and oxygen atoms in total. The lowest BCUT2D eigenvalue weighted by Gasteiger charge is -2.30. The highest BCUT2D eigenvalue weighted by molar-refractivity contribution is 7.90. The van der Waals surface area contributed by atoms with Gasteiger partial charge in [-0.05, 0) is 55.7 Å². The van der Waals surface area contributed by atoms with Crippen LogP contribution in [0.25, 0.3) is 0 Å². The molecule has 0 spiro atoms. The molecule has 0 aliphatic carbocycles. The van der Waals surface area contributed by atoms with E-state index in [0.29, 0.717) is 29.7 Å². The maximum absolute atomic E-state index is 12.6. The number of hydrogen-bond donors (Lipinski definition) is 1. The summed E-state index contributed by atoms with van der Waals surface area (Å²) in [6.07, 6.45) is 0. The summed E-state index contributed by atoms with van der Waals surface area (Å²) >= 11 is 0. The van der Waals surface area contributed by atoms with Crippen molar-refractivity contribution in [1.29, 1.82) is 0 Å². The van der Waals surface area contributed by atoms with Gasteiger partial charge in [0.15, 0.2) is 0 Å². The fraction of sp³-hybridized carbons (Fsp3) is 0.300. The Morgan fingerprint density at radius 1 is 1.15 bits per heavy atom. The van der Waals surface area contributed by atoms with Gasteiger partial charge >= 0.3 is 0 Å². The predicted octanol–water partition coefficient (Wildman–Crippen LogP) is 3.83. The van der Waals surface area contributed by atoms with Gasteiger partial charge in [-0.2, -0.15) is 8.42 Å². The summed E-state index contributed by atoms with van der Waals surface area (Å²) in [6, 6.07) is 12.2. The van der Waals surface area contributed by atoms with Crippen LogP contribution in [0.1, 0.15) is 36.7 Å². The molecule has 0 saturated heterocycles. The van der Waals surface area contributed by atoms with Gasteiger partial charge in [0.1, 0.15) is 10.7 Å². The Morgan fingerprint density at radius 2 is 1.89 bits per heavy atom. The average Bonchev–Trinajstić information content (AvgIpc) is 2.57. The van der Waals surface area contributed by atoms with Crippen LogP contribution in [0.3, 0.4) is 0 Å². The van der Waals surface area contributed by atoms with E-state index in [1.165, 1.54) is 6.07 Å². The maximum atomic E-state index is 12.6. The molecule has 0 saturated carbocycles. The number of benzene rings is 2. The molecule has 0 aromatic heterocycles. The van der Waals surface area contributed by atoms with Crippen molar-refractivity contribution in [3.8, 4) is 0 Å². The molecule has 0 bridgehead atoms. The number of amidine groups is 1. The van der Waals surface area contributed by atoms with E-state index in [-0.39, 0.29) is 16.4 Å². The number of rotatable bonds is 4. The Morgan fingerprint density at radius 3 is 2.56 bits per heavy atom. The van der Waals surface area contributed by atoms with Crippen LogP contribution in [0.15, 0.2) is 51.8 Å². The molecule has 0 fully saturated rings. The van der Waals surface area contributed by atoms with Crippen molar-refractivity contribution in [2.75, 3.05) is 16.8 Å². The van der Waals surface area contributed by atoms with E-state index >= 15 is 0 Å². The van der Waals surface area contributed by atoms with Crippen molar-refractivity contribution >= 4 is 33.1 Å². The monoisotopic (exact) mass is 385 g/mol. The van der Waals surface area contributed by atoms with Gasteiger partial charge in [-0.3, -0.25) is 4.79 Å². The third-order valence-corrected chi connectivity index (χ3v) is 5.64. The van der Waals surface area contributed by atoms with Crippen molar-refractivity contribution in [3.05, 3.63) is 53.6 Å². The number of nitrogens with one attached hydrogen (secondary N) is 1. The first-order valence-corrected chi connectivity index (χ1v) is 10.2. The molecule has 3 rings (SSSR count). The van der Waals surface area contributed by atoms with Crippen LogP contribution < -0.4 is 10.2 Å². The highest BCUT2D eigenvalue weighted by Gasteiger charge is 2.30. The molecule has 142 valence electrons. The zero-order valence-corrected chi connectivity index (χ0v) is 16.7. The predicted molar refractivity (Wildman–Crippen MR) is 108 cm³/mol. The molecule has 2 aromatic rings. The quantitative estimate of drug-likeness (QED) is 0.867. The Hall–Kier alpha value is -2.67. The molecule has 1 aliphatic rings. The molecule has 1 amide bonds. The van der Waals surface area contributed by atoms with Crippen molar-refractivity contribution in [1.82, 2.24) is 0 Å². The Bertz CT molecular complexity index is 1030. The summed E-state index contributed by atoms with van der Waals surface area (Å²) in [5.74, 6) is 0.404. The summed E-state index contributed by atoms with van der Waals surface area (Å²) in [5, 5.41) is 2.80. The summed E-state index contributed by atoms with van der Waals surface area (Å²) in [4.78, 5) is 14.5. The Labute approximate surface area is 160 Å². The zero-order chi connectivity index (χ0) is 19.8. The highest BCUT2D eigenvalue weighted by atomic mass is 32.2. The summed E-state index contributed by atoms with van der Waals surface area (Å²) in [7, 11) is -3.83. The van der Waals surface area contributed by atoms with Crippen molar-refractivity contribution < 1.29 is 13.2 Å². The van der Waals surface area contributed by atoms with Crippen LogP contribution in [-0.2, 0) is 10.0 Å². The smallest absolute Gasteiger partial charge is 0.286 e. The second kappa shape index (κ2) is 7.15. The number of anilines is 2. The van der Waals surface area contributed by atoms with Gasteiger partial charge in [0.2, 0.25) is 0 Å². The lowest BCUT2D eigenvalue weighted by molar-refractivity contribution is 0.102. The van der Waals surface area contributed by atoms with E-state index in [2.05, 4.69) is 23.6 Å². The van der Waals surface area contributed by atoms with E-state index in [9.17, 15) is 13.2 Å². The summed E-state index contributed by atoms with van der Waals surface area (Å²) in [6.45, 7) is 8.37. The van der Waals surface area contributed by atoms with E-state index in [0.717, 1.165) is 5.56 Å². The number of aryl methyl sites for hydroxylation is 1. The lowest BCUT2D eigenvalue weighted by atomic mass is 10.1. The molecular weight excluding hydrogens is 362 g/mol. The number of hydrogen-bond acceptors (Lipinski definition) is 4. The third-order valence-electron chi connectivity index (χ3n) is 4.26. The molecule has 2 aromatic carbocycles. The van der Waals surface area contributed by atoms with E-state index in [1.54, 1.807) is 25.1 Å². The van der Waals surface area contributed by atoms with Gasteiger partial charge in [-0.25, -0.2) is 0 Å². The van der Waals surface area contributed by atoms with Gasteiger partial charge in [-0.1, -0.05) is 26.0 Å². The largest absolute Gasteiger partial charge is 0.328 e. The molecule has 0 radical (unpaired) electrons. The number of carbonyl (C=O) groups excluding carboxylic acids is 1. The standard InChI is InChI=1S/C20H23N3O3S/c1-13(2)12-23-15(4)22-27(25,26)19-11-16(8-9-18(19)23)20(24)21-17-7-5-6-14(3)10-17/h5-11,13H,12H2,1-4H3,(H,21,24). The average molecular weight is 385 g/mol. The normalized spacial score (nSPS) is 15.3. The minimum atomic E-state index is -3.83. The molecule has 1 heterocycles. The minimum Gasteiger partial charge on any atom is -0.328 e. The second-order valence-corrected chi connectivity index (χ2v) is 8.70. The first kappa shape index (κ1) is 19.1. The minimum absolute atomic E-state index is 0.0608. The molecule has 0 atom stereocenters. The number of fused-ring (bicyclic) bond motifs is 1. The number of amides is 1. The summed E-state index contributed by atoms with van der Waals surface area (Å²) in [5.41, 5.74) is 2.52. The van der Waals surface area contributed by atoms with E-state index < -0.39 is 10.0 Å².